The molecule has 0 amide bonds. The molecule has 94 valence electrons. The Hall–Kier alpha value is -2.15. The lowest BCUT2D eigenvalue weighted by atomic mass is 10.2. The highest BCUT2D eigenvalue weighted by Gasteiger charge is 2.08. The van der Waals surface area contributed by atoms with Gasteiger partial charge in [0.15, 0.2) is 0 Å². The summed E-state index contributed by atoms with van der Waals surface area (Å²) in [6.07, 6.45) is 0. The smallest absolute Gasteiger partial charge is 0.346 e. The van der Waals surface area contributed by atoms with Gasteiger partial charge in [0.1, 0.15) is 0 Å². The summed E-state index contributed by atoms with van der Waals surface area (Å²) < 4.78 is 5.37. The Morgan fingerprint density at radius 2 is 2.17 bits per heavy atom. The number of para-hydroxylation sites is 1. The zero-order valence-electron chi connectivity index (χ0n) is 9.50. The molecular weight excluding hydrogens is 256 g/mol. The van der Waals surface area contributed by atoms with E-state index in [0.717, 1.165) is 4.73 Å². The number of ether oxygens (including phenoxy) is 1. The molecule has 0 unspecified atom stereocenters. The number of hydrogen-bond acceptors (Lipinski definition) is 5. The Bertz CT molecular complexity index is 704. The summed E-state index contributed by atoms with van der Waals surface area (Å²) in [5, 5.41) is 0.427. The summed E-state index contributed by atoms with van der Waals surface area (Å²) in [5.74, 6) is -0.593. The summed E-state index contributed by atoms with van der Waals surface area (Å²) in [7, 11) is 1.23. The van der Waals surface area contributed by atoms with Crippen molar-refractivity contribution in [1.29, 1.82) is 0 Å². The molecule has 1 aromatic carbocycles. The van der Waals surface area contributed by atoms with Gasteiger partial charge in [-0.1, -0.05) is 12.1 Å². The van der Waals surface area contributed by atoms with Crippen molar-refractivity contribution in [2.24, 2.45) is 0 Å². The van der Waals surface area contributed by atoms with Gasteiger partial charge >= 0.3 is 5.97 Å². The SMILES string of the molecule is COC(=O)COn1c(=S)[nH]c2ccccc2c1=O. The third-order valence-electron chi connectivity index (χ3n) is 2.31. The fourth-order valence-electron chi connectivity index (χ4n) is 1.44. The number of fused-ring (bicyclic) bond motifs is 1. The molecule has 2 aromatic rings. The molecule has 6 nitrogen and oxygen atoms in total. The monoisotopic (exact) mass is 266 g/mol. The van der Waals surface area contributed by atoms with Crippen LogP contribution in [0, 0.1) is 4.77 Å². The van der Waals surface area contributed by atoms with Crippen molar-refractivity contribution >= 4 is 29.1 Å². The van der Waals surface area contributed by atoms with Crippen molar-refractivity contribution in [2.75, 3.05) is 13.7 Å². The second-order valence-corrected chi connectivity index (χ2v) is 3.81. The van der Waals surface area contributed by atoms with Crippen molar-refractivity contribution in [1.82, 2.24) is 9.71 Å². The highest BCUT2D eigenvalue weighted by molar-refractivity contribution is 7.71. The van der Waals surface area contributed by atoms with Gasteiger partial charge in [-0.25, -0.2) is 4.79 Å². The predicted octanol–water partition coefficient (Wildman–Crippen LogP) is 0.661. The number of nitrogens with zero attached hydrogens (tertiary/aromatic N) is 1. The third-order valence-corrected chi connectivity index (χ3v) is 2.58. The molecule has 2 rings (SSSR count). The van der Waals surface area contributed by atoms with Crippen molar-refractivity contribution in [2.45, 2.75) is 0 Å². The maximum Gasteiger partial charge on any atom is 0.346 e. The van der Waals surface area contributed by atoms with Crippen LogP contribution in [0.1, 0.15) is 0 Å². The van der Waals surface area contributed by atoms with E-state index in [0.29, 0.717) is 10.9 Å². The minimum atomic E-state index is -0.593. The molecule has 1 aromatic heterocycles. The van der Waals surface area contributed by atoms with Crippen LogP contribution < -0.4 is 10.4 Å². The van der Waals surface area contributed by atoms with E-state index >= 15 is 0 Å². The zero-order chi connectivity index (χ0) is 13.1. The first-order valence-corrected chi connectivity index (χ1v) is 5.48. The molecule has 1 N–H and O–H groups in total. The Kier molecular flexibility index (Phi) is 3.42. The van der Waals surface area contributed by atoms with Gasteiger partial charge in [-0.3, -0.25) is 4.79 Å². The van der Waals surface area contributed by atoms with Crippen LogP contribution in [0.4, 0.5) is 0 Å². The second-order valence-electron chi connectivity index (χ2n) is 3.42. The number of rotatable bonds is 3. The van der Waals surface area contributed by atoms with E-state index in [9.17, 15) is 9.59 Å². The normalized spacial score (nSPS) is 10.3. The number of carbonyl (C=O) groups is 1. The summed E-state index contributed by atoms with van der Waals surface area (Å²) in [6.45, 7) is -0.383. The molecule has 1 heterocycles. The lowest BCUT2D eigenvalue weighted by Gasteiger charge is -2.08. The quantitative estimate of drug-likeness (QED) is 0.652. The standard InChI is InChI=1S/C11H10N2O4S/c1-16-9(14)6-17-13-10(15)7-4-2-3-5-8(7)12-11(13)18/h2-5H,6H2,1H3,(H,12,18). The Labute approximate surface area is 107 Å². The average Bonchev–Trinajstić information content (AvgIpc) is 2.38. The number of H-pyrrole nitrogens is 1. The van der Waals surface area contributed by atoms with E-state index in [1.54, 1.807) is 24.3 Å². The van der Waals surface area contributed by atoms with Gasteiger partial charge in [0.05, 0.1) is 18.0 Å². The van der Waals surface area contributed by atoms with E-state index in [-0.39, 0.29) is 11.4 Å². The van der Waals surface area contributed by atoms with Gasteiger partial charge in [-0.2, -0.15) is 0 Å². The fraction of sp³-hybridized carbons (Fsp3) is 0.182. The Morgan fingerprint density at radius 1 is 1.44 bits per heavy atom. The van der Waals surface area contributed by atoms with Crippen LogP contribution in [0.25, 0.3) is 10.9 Å². The molecule has 7 heteroatoms. The predicted molar refractivity (Wildman–Crippen MR) is 66.9 cm³/mol. The van der Waals surface area contributed by atoms with Gasteiger partial charge in [0.2, 0.25) is 11.4 Å². The average molecular weight is 266 g/mol. The van der Waals surface area contributed by atoms with Crippen LogP contribution in [0.5, 0.6) is 0 Å². The molecule has 0 aliphatic heterocycles. The molecule has 0 aliphatic rings. The second kappa shape index (κ2) is 5.01. The van der Waals surface area contributed by atoms with Crippen molar-refractivity contribution in [3.05, 3.63) is 39.4 Å². The topological polar surface area (TPSA) is 73.3 Å². The van der Waals surface area contributed by atoms with Crippen molar-refractivity contribution in [3.63, 3.8) is 0 Å². The highest BCUT2D eigenvalue weighted by Crippen LogP contribution is 2.04. The summed E-state index contributed by atoms with van der Waals surface area (Å²) >= 11 is 4.99. The van der Waals surface area contributed by atoms with Crippen LogP contribution in [0.2, 0.25) is 0 Å². The van der Waals surface area contributed by atoms with Gasteiger partial charge in [-0.15, -0.1) is 4.73 Å². The van der Waals surface area contributed by atoms with Crippen LogP contribution in [0.15, 0.2) is 29.1 Å². The van der Waals surface area contributed by atoms with Gasteiger partial charge in [0.25, 0.3) is 5.56 Å². The van der Waals surface area contributed by atoms with Crippen molar-refractivity contribution < 1.29 is 14.4 Å². The number of aromatic nitrogens is 2. The molecule has 0 bridgehead atoms. The van der Waals surface area contributed by atoms with Crippen molar-refractivity contribution in [3.8, 4) is 0 Å². The van der Waals surface area contributed by atoms with E-state index in [1.807, 2.05) is 0 Å². The first-order valence-electron chi connectivity index (χ1n) is 5.07. The zero-order valence-corrected chi connectivity index (χ0v) is 10.3. The molecule has 0 aliphatic carbocycles. The lowest BCUT2D eigenvalue weighted by molar-refractivity contribution is -0.146. The van der Waals surface area contributed by atoms with Crippen LogP contribution >= 0.6 is 12.2 Å². The Morgan fingerprint density at radius 3 is 2.89 bits per heavy atom. The molecule has 0 radical (unpaired) electrons. The number of esters is 1. The minimum absolute atomic E-state index is 0.0857. The molecule has 0 spiro atoms. The van der Waals surface area contributed by atoms with Gasteiger partial charge in [-0.05, 0) is 24.4 Å². The third kappa shape index (κ3) is 2.25. The number of carbonyl (C=O) groups excluding carboxylic acids is 1. The molecule has 18 heavy (non-hydrogen) atoms. The highest BCUT2D eigenvalue weighted by atomic mass is 32.1. The van der Waals surface area contributed by atoms with E-state index in [4.69, 9.17) is 17.1 Å². The van der Waals surface area contributed by atoms with Gasteiger partial charge < -0.3 is 14.6 Å². The molecular formula is C11H10N2O4S. The molecule has 0 saturated carbocycles. The largest absolute Gasteiger partial charge is 0.466 e. The fourth-order valence-corrected chi connectivity index (χ4v) is 1.69. The Balaban J connectivity index is 2.48. The number of methoxy groups -OCH3 is 1. The van der Waals surface area contributed by atoms with E-state index < -0.39 is 11.5 Å². The van der Waals surface area contributed by atoms with Gasteiger partial charge in [0, 0.05) is 0 Å². The minimum Gasteiger partial charge on any atom is -0.466 e. The maximum absolute atomic E-state index is 12.0. The summed E-state index contributed by atoms with van der Waals surface area (Å²) in [6, 6.07) is 6.89. The summed E-state index contributed by atoms with van der Waals surface area (Å²) in [4.78, 5) is 30.9. The number of benzene rings is 1. The first-order chi connectivity index (χ1) is 8.63. The van der Waals surface area contributed by atoms with E-state index in [1.165, 1.54) is 7.11 Å². The first kappa shape index (κ1) is 12.3. The number of aromatic amines is 1. The number of nitrogens with one attached hydrogen (secondary N) is 1. The molecule has 0 fully saturated rings. The van der Waals surface area contributed by atoms with Crippen LogP contribution in [-0.4, -0.2) is 29.4 Å². The summed E-state index contributed by atoms with van der Waals surface area (Å²) in [5.41, 5.74) is 0.198. The molecule has 0 saturated heterocycles. The maximum atomic E-state index is 12.0. The van der Waals surface area contributed by atoms with Crippen LogP contribution in [0.3, 0.4) is 0 Å². The molecule has 0 atom stereocenters. The van der Waals surface area contributed by atoms with E-state index in [2.05, 4.69) is 9.72 Å². The van der Waals surface area contributed by atoms with Crippen LogP contribution in [-0.2, 0) is 9.53 Å². The lowest BCUT2D eigenvalue weighted by Crippen LogP contribution is -2.32. The number of hydrogen-bond donors (Lipinski definition) is 1.